The second-order valence-electron chi connectivity index (χ2n) is 5.35. The zero-order chi connectivity index (χ0) is 16.3. The number of hydrogen-bond donors (Lipinski definition) is 1. The fraction of sp³-hybridized carbons (Fsp3) is 0.312. The van der Waals surface area contributed by atoms with E-state index in [1.165, 1.54) is 20.0 Å². The van der Waals surface area contributed by atoms with Crippen molar-refractivity contribution in [3.05, 3.63) is 41.6 Å². The first kappa shape index (κ1) is 15.6. The average molecular weight is 300 g/mol. The number of anilines is 1. The highest BCUT2D eigenvalue weighted by Gasteiger charge is 2.38. The van der Waals surface area contributed by atoms with Crippen molar-refractivity contribution in [2.75, 3.05) is 5.32 Å². The van der Waals surface area contributed by atoms with Crippen molar-refractivity contribution >= 4 is 17.6 Å². The molecule has 1 fully saturated rings. The number of nitrogens with zero attached hydrogens (tertiary/aromatic N) is 1. The minimum absolute atomic E-state index is 0.196. The van der Waals surface area contributed by atoms with Gasteiger partial charge in [-0.25, -0.2) is 9.59 Å². The van der Waals surface area contributed by atoms with E-state index < -0.39 is 17.7 Å². The highest BCUT2D eigenvalue weighted by molar-refractivity contribution is 6.15. The molecule has 1 unspecified atom stereocenters. The van der Waals surface area contributed by atoms with Gasteiger partial charge in [-0.2, -0.15) is 5.26 Å². The lowest BCUT2D eigenvalue weighted by molar-refractivity contribution is -0.222. The molecule has 1 atom stereocenters. The molecule has 0 amide bonds. The molecule has 1 saturated heterocycles. The third-order valence-corrected chi connectivity index (χ3v) is 3.10. The van der Waals surface area contributed by atoms with Crippen LogP contribution in [0.4, 0.5) is 5.69 Å². The SMILES string of the molecule is CC(C#N)c1ccc(NC=C2C(=O)OC(C)(C)OC2=O)cc1. The van der Waals surface area contributed by atoms with Crippen LogP contribution in [0.15, 0.2) is 36.0 Å². The van der Waals surface area contributed by atoms with Crippen molar-refractivity contribution in [2.24, 2.45) is 0 Å². The fourth-order valence-electron chi connectivity index (χ4n) is 1.88. The summed E-state index contributed by atoms with van der Waals surface area (Å²) in [6.07, 6.45) is 1.25. The van der Waals surface area contributed by atoms with E-state index in [-0.39, 0.29) is 11.5 Å². The van der Waals surface area contributed by atoms with E-state index in [0.29, 0.717) is 5.69 Å². The van der Waals surface area contributed by atoms with E-state index in [1.807, 2.05) is 0 Å². The Morgan fingerprint density at radius 1 is 1.18 bits per heavy atom. The summed E-state index contributed by atoms with van der Waals surface area (Å²) < 4.78 is 9.97. The van der Waals surface area contributed by atoms with E-state index in [2.05, 4.69) is 11.4 Å². The Kier molecular flexibility index (Phi) is 4.18. The Morgan fingerprint density at radius 2 is 1.73 bits per heavy atom. The van der Waals surface area contributed by atoms with Gasteiger partial charge in [0.25, 0.3) is 5.79 Å². The molecular weight excluding hydrogens is 284 g/mol. The smallest absolute Gasteiger partial charge is 0.350 e. The summed E-state index contributed by atoms with van der Waals surface area (Å²) in [4.78, 5) is 23.5. The van der Waals surface area contributed by atoms with E-state index >= 15 is 0 Å². The van der Waals surface area contributed by atoms with Gasteiger partial charge in [-0.1, -0.05) is 12.1 Å². The standard InChI is InChI=1S/C16H16N2O4/c1-10(8-17)11-4-6-12(7-5-11)18-9-13-14(19)21-16(2,3)22-15(13)20/h4-7,9-10,18H,1-3H3. The summed E-state index contributed by atoms with van der Waals surface area (Å²) in [5.41, 5.74) is 1.36. The van der Waals surface area contributed by atoms with Crippen LogP contribution in [0, 0.1) is 11.3 Å². The minimum Gasteiger partial charge on any atom is -0.419 e. The van der Waals surface area contributed by atoms with Crippen molar-refractivity contribution in [3.8, 4) is 6.07 Å². The topological polar surface area (TPSA) is 88.4 Å². The molecule has 6 heteroatoms. The van der Waals surface area contributed by atoms with E-state index in [9.17, 15) is 9.59 Å². The Balaban J connectivity index is 2.10. The Labute approximate surface area is 128 Å². The maximum Gasteiger partial charge on any atom is 0.350 e. The number of hydrogen-bond acceptors (Lipinski definition) is 6. The van der Waals surface area contributed by atoms with Gasteiger partial charge < -0.3 is 14.8 Å². The molecule has 22 heavy (non-hydrogen) atoms. The predicted molar refractivity (Wildman–Crippen MR) is 78.4 cm³/mol. The molecule has 1 aromatic rings. The summed E-state index contributed by atoms with van der Waals surface area (Å²) in [5.74, 6) is -2.91. The van der Waals surface area contributed by atoms with Crippen LogP contribution in [0.3, 0.4) is 0 Å². The van der Waals surface area contributed by atoms with Crippen LogP contribution in [-0.4, -0.2) is 17.7 Å². The molecular formula is C16H16N2O4. The number of cyclic esters (lactones) is 2. The number of nitriles is 1. The van der Waals surface area contributed by atoms with Crippen LogP contribution in [0.25, 0.3) is 0 Å². The molecule has 0 aromatic heterocycles. The third-order valence-electron chi connectivity index (χ3n) is 3.10. The summed E-state index contributed by atoms with van der Waals surface area (Å²) in [6.45, 7) is 4.78. The normalized spacial score (nSPS) is 17.8. The Morgan fingerprint density at radius 3 is 2.23 bits per heavy atom. The van der Waals surface area contributed by atoms with Crippen LogP contribution in [-0.2, 0) is 19.1 Å². The molecule has 0 saturated carbocycles. The van der Waals surface area contributed by atoms with E-state index in [4.69, 9.17) is 14.7 Å². The number of carbonyl (C=O) groups is 2. The van der Waals surface area contributed by atoms with Crippen molar-refractivity contribution in [1.29, 1.82) is 5.26 Å². The highest BCUT2D eigenvalue weighted by Crippen LogP contribution is 2.23. The molecule has 114 valence electrons. The summed E-state index contributed by atoms with van der Waals surface area (Å²) >= 11 is 0. The van der Waals surface area contributed by atoms with Gasteiger partial charge in [0.1, 0.15) is 0 Å². The number of carbonyl (C=O) groups excluding carboxylic acids is 2. The van der Waals surface area contributed by atoms with Gasteiger partial charge in [0.2, 0.25) is 0 Å². The molecule has 0 aliphatic carbocycles. The van der Waals surface area contributed by atoms with Gasteiger partial charge >= 0.3 is 11.9 Å². The molecule has 0 radical (unpaired) electrons. The maximum absolute atomic E-state index is 11.8. The summed E-state index contributed by atoms with van der Waals surface area (Å²) in [7, 11) is 0. The monoisotopic (exact) mass is 300 g/mol. The lowest BCUT2D eigenvalue weighted by Crippen LogP contribution is -2.42. The van der Waals surface area contributed by atoms with Gasteiger partial charge in [0.05, 0.1) is 12.0 Å². The van der Waals surface area contributed by atoms with Gasteiger partial charge in [-0.15, -0.1) is 0 Å². The van der Waals surface area contributed by atoms with E-state index in [1.54, 1.807) is 31.2 Å². The lowest BCUT2D eigenvalue weighted by atomic mass is 10.0. The molecule has 1 aromatic carbocycles. The van der Waals surface area contributed by atoms with Gasteiger partial charge in [0, 0.05) is 25.7 Å². The van der Waals surface area contributed by atoms with Crippen molar-refractivity contribution in [2.45, 2.75) is 32.5 Å². The number of esters is 2. The van der Waals surface area contributed by atoms with Crippen molar-refractivity contribution in [3.63, 3.8) is 0 Å². The van der Waals surface area contributed by atoms with Gasteiger partial charge in [-0.3, -0.25) is 0 Å². The molecule has 0 spiro atoms. The maximum atomic E-state index is 11.8. The largest absolute Gasteiger partial charge is 0.419 e. The van der Waals surface area contributed by atoms with Crippen molar-refractivity contribution < 1.29 is 19.1 Å². The average Bonchev–Trinajstić information content (AvgIpc) is 2.45. The minimum atomic E-state index is -1.25. The van der Waals surface area contributed by atoms with Crippen LogP contribution in [0.1, 0.15) is 32.3 Å². The number of nitrogens with one attached hydrogen (secondary N) is 1. The molecule has 1 aliphatic rings. The molecule has 6 nitrogen and oxygen atoms in total. The Hall–Kier alpha value is -2.81. The van der Waals surface area contributed by atoms with Gasteiger partial charge in [0.15, 0.2) is 5.57 Å². The second-order valence-corrected chi connectivity index (χ2v) is 5.35. The highest BCUT2D eigenvalue weighted by atomic mass is 16.7. The number of rotatable bonds is 3. The van der Waals surface area contributed by atoms with Crippen LogP contribution < -0.4 is 5.32 Å². The predicted octanol–water partition coefficient (Wildman–Crippen LogP) is 2.45. The quantitative estimate of drug-likeness (QED) is 0.524. The molecule has 0 bridgehead atoms. The molecule has 1 heterocycles. The van der Waals surface area contributed by atoms with Gasteiger partial charge in [-0.05, 0) is 24.6 Å². The van der Waals surface area contributed by atoms with Crippen LogP contribution in [0.2, 0.25) is 0 Å². The zero-order valence-corrected chi connectivity index (χ0v) is 12.5. The van der Waals surface area contributed by atoms with E-state index in [0.717, 1.165) is 5.56 Å². The van der Waals surface area contributed by atoms with Crippen LogP contribution in [0.5, 0.6) is 0 Å². The first-order valence-corrected chi connectivity index (χ1v) is 6.75. The summed E-state index contributed by atoms with van der Waals surface area (Å²) in [5, 5.41) is 11.7. The lowest BCUT2D eigenvalue weighted by Gasteiger charge is -2.29. The second kappa shape index (κ2) is 5.90. The molecule has 2 rings (SSSR count). The molecule has 1 aliphatic heterocycles. The summed E-state index contributed by atoms with van der Waals surface area (Å²) in [6, 6.07) is 9.26. The number of benzene rings is 1. The molecule has 1 N–H and O–H groups in total. The zero-order valence-electron chi connectivity index (χ0n) is 12.5. The third kappa shape index (κ3) is 3.44. The van der Waals surface area contributed by atoms with Crippen molar-refractivity contribution in [1.82, 2.24) is 0 Å². The Bertz CT molecular complexity index is 646. The number of ether oxygens (including phenoxy) is 2. The first-order chi connectivity index (χ1) is 10.3. The fourth-order valence-corrected chi connectivity index (χ4v) is 1.88. The first-order valence-electron chi connectivity index (χ1n) is 6.75. The van der Waals surface area contributed by atoms with Crippen LogP contribution >= 0.6 is 0 Å².